The van der Waals surface area contributed by atoms with Crippen LogP contribution >= 0.6 is 12.2 Å². The third-order valence-electron chi connectivity index (χ3n) is 2.87. The Balaban J connectivity index is 2.09. The Morgan fingerprint density at radius 3 is 3.06 bits per heavy atom. The SMILES string of the molecule is NC(=S)c1cc(CN2CCCCC2=O)ccn1. The summed E-state index contributed by atoms with van der Waals surface area (Å²) in [5, 5.41) is 0. The monoisotopic (exact) mass is 249 g/mol. The van der Waals surface area contributed by atoms with Gasteiger partial charge in [0.15, 0.2) is 0 Å². The van der Waals surface area contributed by atoms with Gasteiger partial charge in [0.05, 0.1) is 5.69 Å². The Bertz CT molecular complexity index is 447. The molecule has 2 rings (SSSR count). The van der Waals surface area contributed by atoms with Crippen LogP contribution in [0.25, 0.3) is 0 Å². The van der Waals surface area contributed by atoms with Crippen LogP contribution in [0.2, 0.25) is 0 Å². The Hall–Kier alpha value is -1.49. The van der Waals surface area contributed by atoms with Gasteiger partial charge in [0.25, 0.3) is 0 Å². The quantitative estimate of drug-likeness (QED) is 0.819. The lowest BCUT2D eigenvalue weighted by atomic mass is 10.1. The van der Waals surface area contributed by atoms with Crippen molar-refractivity contribution in [3.05, 3.63) is 29.6 Å². The molecule has 1 fully saturated rings. The third-order valence-corrected chi connectivity index (χ3v) is 3.08. The van der Waals surface area contributed by atoms with Crippen LogP contribution in [-0.4, -0.2) is 27.3 Å². The number of aromatic nitrogens is 1. The molecule has 17 heavy (non-hydrogen) atoms. The fourth-order valence-electron chi connectivity index (χ4n) is 1.96. The number of amides is 1. The molecule has 0 unspecified atom stereocenters. The first-order chi connectivity index (χ1) is 8.16. The van der Waals surface area contributed by atoms with Crippen LogP contribution < -0.4 is 5.73 Å². The number of hydrogen-bond acceptors (Lipinski definition) is 3. The molecule has 5 heteroatoms. The van der Waals surface area contributed by atoms with Crippen molar-refractivity contribution in [3.63, 3.8) is 0 Å². The summed E-state index contributed by atoms with van der Waals surface area (Å²) in [6.45, 7) is 1.46. The molecule has 1 amide bonds. The molecule has 0 spiro atoms. The van der Waals surface area contributed by atoms with E-state index in [9.17, 15) is 4.79 Å². The molecule has 0 atom stereocenters. The number of piperidine rings is 1. The van der Waals surface area contributed by atoms with Gasteiger partial charge >= 0.3 is 0 Å². The third kappa shape index (κ3) is 3.00. The van der Waals surface area contributed by atoms with Crippen molar-refractivity contribution in [2.45, 2.75) is 25.8 Å². The number of likely N-dealkylation sites (tertiary alicyclic amines) is 1. The smallest absolute Gasteiger partial charge is 0.222 e. The lowest BCUT2D eigenvalue weighted by molar-refractivity contribution is -0.133. The summed E-state index contributed by atoms with van der Waals surface area (Å²) in [5.74, 6) is 0.227. The summed E-state index contributed by atoms with van der Waals surface area (Å²) in [7, 11) is 0. The molecule has 1 saturated heterocycles. The summed E-state index contributed by atoms with van der Waals surface area (Å²) in [5.41, 5.74) is 7.17. The minimum absolute atomic E-state index is 0.227. The predicted molar refractivity (Wildman–Crippen MR) is 69.4 cm³/mol. The van der Waals surface area contributed by atoms with E-state index >= 15 is 0 Å². The molecule has 0 aliphatic carbocycles. The van der Waals surface area contributed by atoms with Gasteiger partial charge in [-0.25, -0.2) is 0 Å². The number of pyridine rings is 1. The fourth-order valence-corrected chi connectivity index (χ4v) is 2.07. The molecule has 0 bridgehead atoms. The number of carbonyl (C=O) groups excluding carboxylic acids is 1. The van der Waals surface area contributed by atoms with Gasteiger partial charge in [-0.1, -0.05) is 12.2 Å². The van der Waals surface area contributed by atoms with Crippen LogP contribution in [0.4, 0.5) is 0 Å². The number of nitrogens with zero attached hydrogens (tertiary/aromatic N) is 2. The largest absolute Gasteiger partial charge is 0.388 e. The molecule has 1 aromatic heterocycles. The van der Waals surface area contributed by atoms with E-state index in [4.69, 9.17) is 18.0 Å². The molecule has 1 aliphatic heterocycles. The highest BCUT2D eigenvalue weighted by Crippen LogP contribution is 2.14. The minimum Gasteiger partial charge on any atom is -0.388 e. The van der Waals surface area contributed by atoms with Gasteiger partial charge in [-0.15, -0.1) is 0 Å². The van der Waals surface area contributed by atoms with Crippen LogP contribution in [0, 0.1) is 0 Å². The van der Waals surface area contributed by atoms with Crippen molar-refractivity contribution in [1.29, 1.82) is 0 Å². The molecular weight excluding hydrogens is 234 g/mol. The van der Waals surface area contributed by atoms with Gasteiger partial charge < -0.3 is 10.6 Å². The second-order valence-corrected chi connectivity index (χ2v) is 4.63. The Morgan fingerprint density at radius 1 is 1.53 bits per heavy atom. The number of nitrogens with two attached hydrogens (primary N) is 1. The van der Waals surface area contributed by atoms with E-state index in [1.165, 1.54) is 0 Å². The van der Waals surface area contributed by atoms with Crippen molar-refractivity contribution < 1.29 is 4.79 Å². The summed E-state index contributed by atoms with van der Waals surface area (Å²) in [4.78, 5) is 17.9. The van der Waals surface area contributed by atoms with E-state index in [0.29, 0.717) is 18.7 Å². The van der Waals surface area contributed by atoms with Gasteiger partial charge in [0, 0.05) is 25.7 Å². The van der Waals surface area contributed by atoms with E-state index in [2.05, 4.69) is 4.98 Å². The first kappa shape index (κ1) is 12.0. The van der Waals surface area contributed by atoms with Crippen LogP contribution in [-0.2, 0) is 11.3 Å². The van der Waals surface area contributed by atoms with Crippen molar-refractivity contribution in [2.24, 2.45) is 5.73 Å². The maximum absolute atomic E-state index is 11.7. The summed E-state index contributed by atoms with van der Waals surface area (Å²) in [6.07, 6.45) is 4.42. The molecule has 0 aromatic carbocycles. The van der Waals surface area contributed by atoms with E-state index < -0.39 is 0 Å². The van der Waals surface area contributed by atoms with Crippen LogP contribution in [0.15, 0.2) is 18.3 Å². The summed E-state index contributed by atoms with van der Waals surface area (Å²) >= 11 is 4.88. The molecule has 1 aromatic rings. The van der Waals surface area contributed by atoms with Crippen molar-refractivity contribution in [3.8, 4) is 0 Å². The molecule has 0 radical (unpaired) electrons. The molecular formula is C12H15N3OS. The van der Waals surface area contributed by atoms with E-state index in [1.807, 2.05) is 17.0 Å². The average Bonchev–Trinajstić information content (AvgIpc) is 2.32. The van der Waals surface area contributed by atoms with Gasteiger partial charge in [-0.05, 0) is 30.5 Å². The van der Waals surface area contributed by atoms with E-state index in [-0.39, 0.29) is 10.9 Å². The van der Waals surface area contributed by atoms with Crippen molar-refractivity contribution in [1.82, 2.24) is 9.88 Å². The number of rotatable bonds is 3. The highest BCUT2D eigenvalue weighted by molar-refractivity contribution is 7.80. The zero-order chi connectivity index (χ0) is 12.3. The molecule has 2 N–H and O–H groups in total. The number of hydrogen-bond donors (Lipinski definition) is 1. The first-order valence-electron chi connectivity index (χ1n) is 5.69. The topological polar surface area (TPSA) is 59.2 Å². The predicted octanol–water partition coefficient (Wildman–Crippen LogP) is 1.23. The molecule has 4 nitrogen and oxygen atoms in total. The summed E-state index contributed by atoms with van der Waals surface area (Å²) < 4.78 is 0. The maximum atomic E-state index is 11.7. The maximum Gasteiger partial charge on any atom is 0.222 e. The molecule has 2 heterocycles. The van der Waals surface area contributed by atoms with Gasteiger partial charge in [0.2, 0.25) is 5.91 Å². The van der Waals surface area contributed by atoms with Gasteiger partial charge in [-0.2, -0.15) is 0 Å². The first-order valence-corrected chi connectivity index (χ1v) is 6.10. The van der Waals surface area contributed by atoms with Crippen LogP contribution in [0.5, 0.6) is 0 Å². The minimum atomic E-state index is 0.227. The zero-order valence-corrected chi connectivity index (χ0v) is 10.4. The Labute approximate surface area is 106 Å². The van der Waals surface area contributed by atoms with Gasteiger partial charge in [-0.3, -0.25) is 9.78 Å². The molecule has 1 aliphatic rings. The Morgan fingerprint density at radius 2 is 2.35 bits per heavy atom. The lowest BCUT2D eigenvalue weighted by Crippen LogP contribution is -2.34. The normalized spacial score (nSPS) is 16.0. The fraction of sp³-hybridized carbons (Fsp3) is 0.417. The van der Waals surface area contributed by atoms with Gasteiger partial charge in [0.1, 0.15) is 4.99 Å². The summed E-state index contributed by atoms with van der Waals surface area (Å²) in [6, 6.07) is 3.74. The second-order valence-electron chi connectivity index (χ2n) is 4.19. The standard InChI is InChI=1S/C12H15N3OS/c13-12(17)10-7-9(4-5-14-10)8-15-6-2-1-3-11(15)16/h4-5,7H,1-3,6,8H2,(H2,13,17). The van der Waals surface area contributed by atoms with Crippen LogP contribution in [0.3, 0.4) is 0 Å². The second kappa shape index (κ2) is 5.23. The lowest BCUT2D eigenvalue weighted by Gasteiger charge is -2.26. The molecule has 0 saturated carbocycles. The number of carbonyl (C=O) groups is 1. The van der Waals surface area contributed by atoms with Crippen molar-refractivity contribution >= 4 is 23.1 Å². The number of thiocarbonyl (C=S) groups is 1. The zero-order valence-electron chi connectivity index (χ0n) is 9.56. The Kier molecular flexibility index (Phi) is 3.68. The highest BCUT2D eigenvalue weighted by atomic mass is 32.1. The van der Waals surface area contributed by atoms with Crippen molar-refractivity contribution in [2.75, 3.05) is 6.54 Å². The average molecular weight is 249 g/mol. The molecule has 90 valence electrons. The van der Waals surface area contributed by atoms with E-state index in [0.717, 1.165) is 24.9 Å². The van der Waals surface area contributed by atoms with E-state index in [1.54, 1.807) is 6.20 Å². The highest BCUT2D eigenvalue weighted by Gasteiger charge is 2.18. The van der Waals surface area contributed by atoms with Crippen LogP contribution in [0.1, 0.15) is 30.5 Å².